The summed E-state index contributed by atoms with van der Waals surface area (Å²) in [6.45, 7) is 2.77. The van der Waals surface area contributed by atoms with E-state index in [0.29, 0.717) is 0 Å². The molecule has 6 nitrogen and oxygen atoms in total. The molecule has 3 aromatic carbocycles. The Morgan fingerprint density at radius 3 is 2.65 bits per heavy atom. The summed E-state index contributed by atoms with van der Waals surface area (Å²) in [4.78, 5) is 15.9. The number of hydrogen-bond donors (Lipinski definition) is 2. The fraction of sp³-hybridized carbons (Fsp3) is 0.125. The SMILES string of the molecule is CCn1c(SCC(=O)Nc2cccc3ccccc23)nnc1-c1c[nH]c2ccccc12. The van der Waals surface area contributed by atoms with E-state index in [1.807, 2.05) is 71.4 Å². The standard InChI is InChI=1S/C24H21N5OS/c1-2-29-23(19-14-25-20-12-6-5-11-18(19)20)27-28-24(29)31-15-22(30)26-21-13-7-9-16-8-3-4-10-17(16)21/h3-14,25H,2,15H2,1H3,(H,26,30). The average Bonchev–Trinajstić information content (AvgIpc) is 3.41. The summed E-state index contributed by atoms with van der Waals surface area (Å²) in [5, 5.41) is 15.8. The summed E-state index contributed by atoms with van der Waals surface area (Å²) in [5.41, 5.74) is 2.89. The molecule has 0 unspecified atom stereocenters. The van der Waals surface area contributed by atoms with Crippen molar-refractivity contribution in [1.29, 1.82) is 0 Å². The lowest BCUT2D eigenvalue weighted by Crippen LogP contribution is -2.15. The van der Waals surface area contributed by atoms with Crippen molar-refractivity contribution < 1.29 is 4.79 Å². The number of carbonyl (C=O) groups excluding carboxylic acids is 1. The zero-order valence-electron chi connectivity index (χ0n) is 17.0. The molecule has 0 bridgehead atoms. The number of fused-ring (bicyclic) bond motifs is 2. The van der Waals surface area contributed by atoms with E-state index >= 15 is 0 Å². The summed E-state index contributed by atoms with van der Waals surface area (Å²) in [7, 11) is 0. The van der Waals surface area contributed by atoms with Crippen LogP contribution in [0.1, 0.15) is 6.92 Å². The van der Waals surface area contributed by atoms with E-state index in [-0.39, 0.29) is 11.7 Å². The second-order valence-corrected chi connectivity index (χ2v) is 8.10. The molecule has 154 valence electrons. The first-order chi connectivity index (χ1) is 15.2. The molecule has 0 atom stereocenters. The van der Waals surface area contributed by atoms with Gasteiger partial charge in [0.2, 0.25) is 5.91 Å². The molecule has 2 aromatic heterocycles. The largest absolute Gasteiger partial charge is 0.360 e. The molecule has 0 fully saturated rings. The van der Waals surface area contributed by atoms with Gasteiger partial charge in [0.1, 0.15) is 0 Å². The van der Waals surface area contributed by atoms with E-state index in [9.17, 15) is 4.79 Å². The van der Waals surface area contributed by atoms with Crippen LogP contribution in [-0.2, 0) is 11.3 Å². The number of nitrogens with one attached hydrogen (secondary N) is 2. The maximum absolute atomic E-state index is 12.6. The molecule has 7 heteroatoms. The van der Waals surface area contributed by atoms with Gasteiger partial charge in [0.05, 0.1) is 5.75 Å². The number of aromatic nitrogens is 4. The van der Waals surface area contributed by atoms with E-state index in [4.69, 9.17) is 0 Å². The zero-order chi connectivity index (χ0) is 21.2. The number of thioether (sulfide) groups is 1. The van der Waals surface area contributed by atoms with E-state index in [1.165, 1.54) is 11.8 Å². The third-order valence-corrected chi connectivity index (χ3v) is 6.23. The second kappa shape index (κ2) is 8.28. The minimum atomic E-state index is -0.0688. The van der Waals surface area contributed by atoms with Crippen molar-refractivity contribution in [2.24, 2.45) is 0 Å². The monoisotopic (exact) mass is 427 g/mol. The van der Waals surface area contributed by atoms with Gasteiger partial charge in [-0.05, 0) is 24.4 Å². The molecule has 0 radical (unpaired) electrons. The number of nitrogens with zero attached hydrogens (tertiary/aromatic N) is 3. The maximum Gasteiger partial charge on any atom is 0.234 e. The summed E-state index contributed by atoms with van der Waals surface area (Å²) in [6.07, 6.45) is 1.96. The third-order valence-electron chi connectivity index (χ3n) is 5.26. The van der Waals surface area contributed by atoms with Crippen LogP contribution in [-0.4, -0.2) is 31.4 Å². The smallest absolute Gasteiger partial charge is 0.234 e. The van der Waals surface area contributed by atoms with Gasteiger partial charge in [-0.2, -0.15) is 0 Å². The molecule has 1 amide bonds. The molecular formula is C24H21N5OS. The first kappa shape index (κ1) is 19.4. The van der Waals surface area contributed by atoms with Crippen molar-refractivity contribution in [2.45, 2.75) is 18.6 Å². The lowest BCUT2D eigenvalue weighted by Gasteiger charge is -2.09. The summed E-state index contributed by atoms with van der Waals surface area (Å²) in [6, 6.07) is 22.1. The predicted molar refractivity (Wildman–Crippen MR) is 126 cm³/mol. The predicted octanol–water partition coefficient (Wildman–Crippen LogP) is 5.33. The van der Waals surface area contributed by atoms with E-state index in [2.05, 4.69) is 33.5 Å². The third kappa shape index (κ3) is 3.68. The quantitative estimate of drug-likeness (QED) is 0.359. The van der Waals surface area contributed by atoms with Crippen molar-refractivity contribution in [2.75, 3.05) is 11.1 Å². The summed E-state index contributed by atoms with van der Waals surface area (Å²) >= 11 is 1.39. The lowest BCUT2D eigenvalue weighted by molar-refractivity contribution is -0.113. The number of hydrogen-bond acceptors (Lipinski definition) is 4. The van der Waals surface area contributed by atoms with Gasteiger partial charge in [0, 0.05) is 40.3 Å². The Balaban J connectivity index is 1.34. The van der Waals surface area contributed by atoms with Crippen LogP contribution in [0.5, 0.6) is 0 Å². The summed E-state index contributed by atoms with van der Waals surface area (Å²) < 4.78 is 2.05. The number of aromatic amines is 1. The first-order valence-electron chi connectivity index (χ1n) is 10.1. The fourth-order valence-electron chi connectivity index (χ4n) is 3.79. The van der Waals surface area contributed by atoms with Crippen LogP contribution in [0, 0.1) is 0 Å². The minimum Gasteiger partial charge on any atom is -0.360 e. The van der Waals surface area contributed by atoms with E-state index in [1.54, 1.807) is 0 Å². The van der Waals surface area contributed by atoms with Gasteiger partial charge >= 0.3 is 0 Å². The Bertz CT molecular complexity index is 1380. The molecule has 0 aliphatic carbocycles. The highest BCUT2D eigenvalue weighted by Gasteiger charge is 2.17. The molecule has 5 aromatic rings. The number of anilines is 1. The Morgan fingerprint density at radius 1 is 1.00 bits per heavy atom. The van der Waals surface area contributed by atoms with Crippen LogP contribution in [0.3, 0.4) is 0 Å². The lowest BCUT2D eigenvalue weighted by atomic mass is 10.1. The van der Waals surface area contributed by atoms with Crippen molar-refractivity contribution in [3.05, 3.63) is 72.9 Å². The summed E-state index contributed by atoms with van der Waals surface area (Å²) in [5.74, 6) is 0.993. The number of benzene rings is 3. The van der Waals surface area contributed by atoms with Gasteiger partial charge in [0.15, 0.2) is 11.0 Å². The Hall–Kier alpha value is -3.58. The van der Waals surface area contributed by atoms with Crippen molar-refractivity contribution in [3.8, 4) is 11.4 Å². The maximum atomic E-state index is 12.6. The highest BCUT2D eigenvalue weighted by atomic mass is 32.2. The topological polar surface area (TPSA) is 75.6 Å². The second-order valence-electron chi connectivity index (χ2n) is 7.16. The molecule has 0 aliphatic rings. The van der Waals surface area contributed by atoms with Gasteiger partial charge in [-0.15, -0.1) is 10.2 Å². The molecule has 2 N–H and O–H groups in total. The molecule has 5 rings (SSSR count). The Morgan fingerprint density at radius 2 is 1.77 bits per heavy atom. The van der Waals surface area contributed by atoms with Crippen LogP contribution < -0.4 is 5.32 Å². The molecule has 0 saturated heterocycles. The number of carbonyl (C=O) groups is 1. The van der Waals surface area contributed by atoms with Gasteiger partial charge in [-0.1, -0.05) is 66.4 Å². The van der Waals surface area contributed by atoms with E-state index < -0.39 is 0 Å². The highest BCUT2D eigenvalue weighted by Crippen LogP contribution is 2.30. The molecular weight excluding hydrogens is 406 g/mol. The number of amides is 1. The average molecular weight is 428 g/mol. The van der Waals surface area contributed by atoms with Gasteiger partial charge < -0.3 is 14.9 Å². The Labute approximate surface area is 183 Å². The van der Waals surface area contributed by atoms with Gasteiger partial charge in [-0.3, -0.25) is 4.79 Å². The van der Waals surface area contributed by atoms with Crippen LogP contribution in [0.15, 0.2) is 78.1 Å². The van der Waals surface area contributed by atoms with Crippen LogP contribution in [0.2, 0.25) is 0 Å². The van der Waals surface area contributed by atoms with Crippen LogP contribution in [0.25, 0.3) is 33.1 Å². The van der Waals surface area contributed by atoms with Gasteiger partial charge in [-0.25, -0.2) is 0 Å². The van der Waals surface area contributed by atoms with Gasteiger partial charge in [0.25, 0.3) is 0 Å². The number of H-pyrrole nitrogens is 1. The van der Waals surface area contributed by atoms with Crippen LogP contribution in [0.4, 0.5) is 5.69 Å². The normalized spacial score (nSPS) is 11.3. The van der Waals surface area contributed by atoms with E-state index in [0.717, 1.165) is 50.5 Å². The Kier molecular flexibility index (Phi) is 5.18. The first-order valence-corrected chi connectivity index (χ1v) is 11.1. The fourth-order valence-corrected chi connectivity index (χ4v) is 4.59. The molecule has 0 saturated carbocycles. The molecule has 0 aliphatic heterocycles. The van der Waals surface area contributed by atoms with Crippen LogP contribution >= 0.6 is 11.8 Å². The molecule has 0 spiro atoms. The molecule has 31 heavy (non-hydrogen) atoms. The van der Waals surface area contributed by atoms with Crippen molar-refractivity contribution in [3.63, 3.8) is 0 Å². The minimum absolute atomic E-state index is 0.0688. The number of rotatable bonds is 6. The van der Waals surface area contributed by atoms with Crippen molar-refractivity contribution in [1.82, 2.24) is 19.7 Å². The molecule has 2 heterocycles. The zero-order valence-corrected chi connectivity index (χ0v) is 17.8. The van der Waals surface area contributed by atoms with Crippen molar-refractivity contribution >= 4 is 45.0 Å². The highest BCUT2D eigenvalue weighted by molar-refractivity contribution is 7.99. The number of para-hydroxylation sites is 1.